The first kappa shape index (κ1) is 15.5. The van der Waals surface area contributed by atoms with Gasteiger partial charge in [0.1, 0.15) is 0 Å². The van der Waals surface area contributed by atoms with E-state index in [0.717, 1.165) is 31.0 Å². The van der Waals surface area contributed by atoms with Gasteiger partial charge in [-0.25, -0.2) is 0 Å². The Morgan fingerprint density at radius 2 is 2.17 bits per heavy atom. The van der Waals surface area contributed by atoms with Crippen LogP contribution in [0, 0.1) is 11.3 Å². The zero-order valence-electron chi connectivity index (χ0n) is 12.0. The van der Waals surface area contributed by atoms with Crippen LogP contribution in [0.3, 0.4) is 0 Å². The molecular formula is C15H25ClN2. The van der Waals surface area contributed by atoms with Gasteiger partial charge in [-0.2, -0.15) is 0 Å². The Balaban J connectivity index is 2.62. The van der Waals surface area contributed by atoms with Crippen molar-refractivity contribution in [3.05, 3.63) is 29.0 Å². The molecule has 1 atom stereocenters. The number of hydrogen-bond donors (Lipinski definition) is 1. The fourth-order valence-electron chi connectivity index (χ4n) is 1.98. The molecule has 2 nitrogen and oxygen atoms in total. The summed E-state index contributed by atoms with van der Waals surface area (Å²) in [5, 5.41) is 4.34. The molecule has 0 saturated heterocycles. The predicted molar refractivity (Wildman–Crippen MR) is 79.1 cm³/mol. The molecule has 1 heterocycles. The second-order valence-electron chi connectivity index (χ2n) is 5.83. The van der Waals surface area contributed by atoms with Crippen molar-refractivity contribution in [3.63, 3.8) is 0 Å². The average Bonchev–Trinajstić information content (AvgIpc) is 2.32. The SMILES string of the molecule is CCC(C)(CNCC(C)C)Cc1ccncc1Cl. The number of pyridine rings is 1. The fraction of sp³-hybridized carbons (Fsp3) is 0.667. The highest BCUT2D eigenvalue weighted by Crippen LogP contribution is 2.28. The lowest BCUT2D eigenvalue weighted by molar-refractivity contribution is 0.285. The molecule has 0 bridgehead atoms. The molecule has 1 rings (SSSR count). The van der Waals surface area contributed by atoms with Gasteiger partial charge in [0.25, 0.3) is 0 Å². The fourth-order valence-corrected chi connectivity index (χ4v) is 2.17. The van der Waals surface area contributed by atoms with Gasteiger partial charge in [0.2, 0.25) is 0 Å². The number of aromatic nitrogens is 1. The van der Waals surface area contributed by atoms with Gasteiger partial charge >= 0.3 is 0 Å². The van der Waals surface area contributed by atoms with Crippen LogP contribution in [0.1, 0.15) is 39.7 Å². The zero-order chi connectivity index (χ0) is 13.6. The summed E-state index contributed by atoms with van der Waals surface area (Å²) in [6.07, 6.45) is 5.68. The van der Waals surface area contributed by atoms with E-state index in [1.165, 1.54) is 5.56 Å². The van der Waals surface area contributed by atoms with E-state index in [1.54, 1.807) is 6.20 Å². The van der Waals surface area contributed by atoms with Gasteiger partial charge in [0.05, 0.1) is 5.02 Å². The first-order valence-corrected chi connectivity index (χ1v) is 7.14. The third-order valence-electron chi connectivity index (χ3n) is 3.43. The molecule has 1 N–H and O–H groups in total. The predicted octanol–water partition coefficient (Wildman–Crippen LogP) is 3.94. The third-order valence-corrected chi connectivity index (χ3v) is 3.77. The Hall–Kier alpha value is -0.600. The smallest absolute Gasteiger partial charge is 0.0621 e. The minimum Gasteiger partial charge on any atom is -0.316 e. The second-order valence-corrected chi connectivity index (χ2v) is 6.24. The topological polar surface area (TPSA) is 24.9 Å². The van der Waals surface area contributed by atoms with Crippen LogP contribution in [-0.4, -0.2) is 18.1 Å². The number of nitrogens with one attached hydrogen (secondary N) is 1. The lowest BCUT2D eigenvalue weighted by Gasteiger charge is -2.29. The molecule has 1 aromatic rings. The Morgan fingerprint density at radius 1 is 1.44 bits per heavy atom. The average molecular weight is 269 g/mol. The number of rotatable bonds is 7. The van der Waals surface area contributed by atoms with Crippen molar-refractivity contribution in [3.8, 4) is 0 Å². The van der Waals surface area contributed by atoms with Crippen LogP contribution in [0.2, 0.25) is 5.02 Å². The molecule has 18 heavy (non-hydrogen) atoms. The normalized spacial score (nSPS) is 14.8. The molecule has 0 spiro atoms. The Labute approximate surface area is 116 Å². The summed E-state index contributed by atoms with van der Waals surface area (Å²) in [5.74, 6) is 0.690. The van der Waals surface area contributed by atoms with Crippen molar-refractivity contribution in [2.24, 2.45) is 11.3 Å². The summed E-state index contributed by atoms with van der Waals surface area (Å²) in [7, 11) is 0. The first-order valence-electron chi connectivity index (χ1n) is 6.76. The molecule has 0 aliphatic rings. The lowest BCUT2D eigenvalue weighted by atomic mass is 9.81. The van der Waals surface area contributed by atoms with Crippen molar-refractivity contribution in [2.45, 2.75) is 40.5 Å². The highest BCUT2D eigenvalue weighted by molar-refractivity contribution is 6.31. The summed E-state index contributed by atoms with van der Waals surface area (Å²) in [5.41, 5.74) is 1.45. The van der Waals surface area contributed by atoms with Gasteiger partial charge in [-0.1, -0.05) is 39.3 Å². The van der Waals surface area contributed by atoms with Crippen LogP contribution in [0.15, 0.2) is 18.5 Å². The van der Waals surface area contributed by atoms with Crippen molar-refractivity contribution in [1.29, 1.82) is 0 Å². The number of hydrogen-bond acceptors (Lipinski definition) is 2. The summed E-state index contributed by atoms with van der Waals surface area (Å²) < 4.78 is 0. The van der Waals surface area contributed by atoms with Crippen molar-refractivity contribution < 1.29 is 0 Å². The van der Waals surface area contributed by atoms with Gasteiger partial charge < -0.3 is 5.32 Å². The van der Waals surface area contributed by atoms with Gasteiger partial charge in [-0.05, 0) is 42.3 Å². The van der Waals surface area contributed by atoms with Crippen LogP contribution in [0.25, 0.3) is 0 Å². The van der Waals surface area contributed by atoms with Gasteiger partial charge in [-0.15, -0.1) is 0 Å². The largest absolute Gasteiger partial charge is 0.316 e. The van der Waals surface area contributed by atoms with E-state index in [4.69, 9.17) is 11.6 Å². The van der Waals surface area contributed by atoms with Crippen molar-refractivity contribution >= 4 is 11.6 Å². The van der Waals surface area contributed by atoms with Gasteiger partial charge in [0, 0.05) is 18.9 Å². The molecule has 0 aromatic carbocycles. The molecule has 0 fully saturated rings. The quantitative estimate of drug-likeness (QED) is 0.810. The van der Waals surface area contributed by atoms with E-state index in [2.05, 4.69) is 38.0 Å². The van der Waals surface area contributed by atoms with Crippen LogP contribution in [0.5, 0.6) is 0 Å². The van der Waals surface area contributed by atoms with Crippen LogP contribution >= 0.6 is 11.6 Å². The molecular weight excluding hydrogens is 244 g/mol. The summed E-state index contributed by atoms with van der Waals surface area (Å²) in [6.45, 7) is 11.1. The van der Waals surface area contributed by atoms with Crippen LogP contribution in [-0.2, 0) is 6.42 Å². The Bertz CT molecular complexity index is 365. The zero-order valence-corrected chi connectivity index (χ0v) is 12.7. The molecule has 0 saturated carbocycles. The maximum absolute atomic E-state index is 6.19. The van der Waals surface area contributed by atoms with Crippen LogP contribution < -0.4 is 5.32 Å². The van der Waals surface area contributed by atoms with Crippen molar-refractivity contribution in [2.75, 3.05) is 13.1 Å². The standard InChI is InChI=1S/C15H25ClN2/c1-5-15(4,11-18-9-12(2)3)8-13-6-7-17-10-14(13)16/h6-7,10,12,18H,5,8-9,11H2,1-4H3. The van der Waals surface area contributed by atoms with E-state index in [-0.39, 0.29) is 5.41 Å². The summed E-state index contributed by atoms with van der Waals surface area (Å²) in [6, 6.07) is 2.03. The van der Waals surface area contributed by atoms with Gasteiger partial charge in [0.15, 0.2) is 0 Å². The third kappa shape index (κ3) is 4.95. The maximum Gasteiger partial charge on any atom is 0.0621 e. The molecule has 0 aliphatic carbocycles. The first-order chi connectivity index (χ1) is 8.47. The van der Waals surface area contributed by atoms with E-state index in [0.29, 0.717) is 5.92 Å². The van der Waals surface area contributed by atoms with E-state index < -0.39 is 0 Å². The minimum atomic E-state index is 0.250. The minimum absolute atomic E-state index is 0.250. The summed E-state index contributed by atoms with van der Waals surface area (Å²) in [4.78, 5) is 4.04. The van der Waals surface area contributed by atoms with Crippen LogP contribution in [0.4, 0.5) is 0 Å². The molecule has 1 unspecified atom stereocenters. The Morgan fingerprint density at radius 3 is 2.72 bits per heavy atom. The van der Waals surface area contributed by atoms with Crippen molar-refractivity contribution in [1.82, 2.24) is 10.3 Å². The molecule has 0 radical (unpaired) electrons. The number of halogens is 1. The lowest BCUT2D eigenvalue weighted by Crippen LogP contribution is -2.35. The highest BCUT2D eigenvalue weighted by atomic mass is 35.5. The maximum atomic E-state index is 6.19. The van der Waals surface area contributed by atoms with E-state index >= 15 is 0 Å². The Kier molecular flexibility index (Phi) is 6.10. The summed E-state index contributed by atoms with van der Waals surface area (Å²) >= 11 is 6.19. The molecule has 3 heteroatoms. The molecule has 0 amide bonds. The highest BCUT2D eigenvalue weighted by Gasteiger charge is 2.23. The van der Waals surface area contributed by atoms with E-state index in [9.17, 15) is 0 Å². The molecule has 1 aromatic heterocycles. The second kappa shape index (κ2) is 7.10. The van der Waals surface area contributed by atoms with Gasteiger partial charge in [-0.3, -0.25) is 4.98 Å². The monoisotopic (exact) mass is 268 g/mol. The number of nitrogens with zero attached hydrogens (tertiary/aromatic N) is 1. The molecule has 102 valence electrons. The van der Waals surface area contributed by atoms with E-state index in [1.807, 2.05) is 12.3 Å². The molecule has 0 aliphatic heterocycles.